The van der Waals surface area contributed by atoms with Gasteiger partial charge in [-0.1, -0.05) is 37.5 Å². The highest BCUT2D eigenvalue weighted by molar-refractivity contribution is 7.85. The van der Waals surface area contributed by atoms with Gasteiger partial charge in [0.05, 0.1) is 4.90 Å². The molecule has 2 aromatic carbocycles. The fourth-order valence-corrected chi connectivity index (χ4v) is 4.05. The molecule has 0 unspecified atom stereocenters. The van der Waals surface area contributed by atoms with Gasteiger partial charge in [0, 0.05) is 6.07 Å². The number of hydrogen-bond acceptors (Lipinski definition) is 4. The first-order valence-electron chi connectivity index (χ1n) is 9.56. The fourth-order valence-electron chi connectivity index (χ4n) is 3.55. The van der Waals surface area contributed by atoms with Gasteiger partial charge in [-0.25, -0.2) is 4.99 Å². The van der Waals surface area contributed by atoms with Crippen LogP contribution in [0.4, 0.5) is 5.69 Å². The zero-order valence-corrected chi connectivity index (χ0v) is 17.2. The highest BCUT2D eigenvalue weighted by Crippen LogP contribution is 2.41. The number of nitrogens with two attached hydrogens (primary N) is 3. The van der Waals surface area contributed by atoms with Crippen molar-refractivity contribution >= 4 is 27.7 Å². The van der Waals surface area contributed by atoms with Gasteiger partial charge >= 0.3 is 0 Å². The predicted octanol–water partition coefficient (Wildman–Crippen LogP) is 2.99. The Balaban J connectivity index is 2.05. The van der Waals surface area contributed by atoms with Crippen LogP contribution in [-0.4, -0.2) is 24.9 Å². The maximum atomic E-state index is 11.6. The molecule has 0 amide bonds. The van der Waals surface area contributed by atoms with E-state index >= 15 is 0 Å². The van der Waals surface area contributed by atoms with Crippen molar-refractivity contribution in [1.29, 1.82) is 0 Å². The predicted molar refractivity (Wildman–Crippen MR) is 116 cm³/mol. The van der Waals surface area contributed by atoms with Gasteiger partial charge < -0.3 is 21.9 Å². The number of ether oxygens (including phenoxy) is 1. The smallest absolute Gasteiger partial charge is 0.294 e. The lowest BCUT2D eigenvalue weighted by atomic mass is 9.84. The van der Waals surface area contributed by atoms with Gasteiger partial charge in [-0.2, -0.15) is 13.4 Å². The molecule has 1 fully saturated rings. The molecular formula is C20H25N5O4S. The van der Waals surface area contributed by atoms with Crippen molar-refractivity contribution in [3.05, 3.63) is 48.0 Å². The van der Waals surface area contributed by atoms with E-state index in [1.807, 2.05) is 24.3 Å². The van der Waals surface area contributed by atoms with Gasteiger partial charge in [-0.15, -0.1) is 0 Å². The Bertz CT molecular complexity index is 1070. The van der Waals surface area contributed by atoms with Gasteiger partial charge in [0.2, 0.25) is 5.96 Å². The highest BCUT2D eigenvalue weighted by Gasteiger charge is 2.21. The topological polar surface area (TPSA) is 166 Å². The van der Waals surface area contributed by atoms with Crippen LogP contribution in [0.1, 0.15) is 43.6 Å². The van der Waals surface area contributed by atoms with E-state index in [1.54, 1.807) is 0 Å². The molecule has 1 aliphatic rings. The zero-order chi connectivity index (χ0) is 21.7. The largest absolute Gasteiger partial charge is 0.455 e. The van der Waals surface area contributed by atoms with Crippen molar-refractivity contribution in [2.45, 2.75) is 42.9 Å². The SMILES string of the molecule is NC(N)=NC(N)=Nc1ccc(S(=O)(=O)O)cc1Oc1ccccc1C1CCCCC1. The molecule has 0 heterocycles. The molecule has 1 aliphatic carbocycles. The van der Waals surface area contributed by atoms with E-state index in [0.29, 0.717) is 11.7 Å². The molecule has 0 aliphatic heterocycles. The minimum absolute atomic E-state index is 0.0992. The van der Waals surface area contributed by atoms with Gasteiger partial charge in [0.1, 0.15) is 11.4 Å². The highest BCUT2D eigenvalue weighted by atomic mass is 32.2. The lowest BCUT2D eigenvalue weighted by Crippen LogP contribution is -2.26. The van der Waals surface area contributed by atoms with E-state index in [4.69, 9.17) is 21.9 Å². The molecule has 0 aromatic heterocycles. The number of guanidine groups is 2. The summed E-state index contributed by atoms with van der Waals surface area (Å²) in [6.07, 6.45) is 5.66. The summed E-state index contributed by atoms with van der Waals surface area (Å²) in [5, 5.41) is 0. The molecule has 10 heteroatoms. The monoisotopic (exact) mass is 431 g/mol. The summed E-state index contributed by atoms with van der Waals surface area (Å²) in [6.45, 7) is 0. The maximum Gasteiger partial charge on any atom is 0.294 e. The summed E-state index contributed by atoms with van der Waals surface area (Å²) in [5.74, 6) is 0.560. The van der Waals surface area contributed by atoms with Crippen LogP contribution >= 0.6 is 0 Å². The number of aliphatic imine (C=N–C) groups is 2. The Labute approximate surface area is 175 Å². The lowest BCUT2D eigenvalue weighted by molar-refractivity contribution is 0.418. The van der Waals surface area contributed by atoms with Crippen LogP contribution in [0.2, 0.25) is 0 Å². The second-order valence-electron chi connectivity index (χ2n) is 7.09. The van der Waals surface area contributed by atoms with Gasteiger partial charge in [-0.3, -0.25) is 4.55 Å². The molecule has 0 atom stereocenters. The Morgan fingerprint density at radius 2 is 1.70 bits per heavy atom. The molecule has 2 aromatic rings. The average molecular weight is 432 g/mol. The van der Waals surface area contributed by atoms with E-state index in [2.05, 4.69) is 9.98 Å². The summed E-state index contributed by atoms with van der Waals surface area (Å²) in [6, 6.07) is 11.3. The van der Waals surface area contributed by atoms with Crippen LogP contribution in [0.25, 0.3) is 0 Å². The van der Waals surface area contributed by atoms with E-state index in [1.165, 1.54) is 24.6 Å². The molecule has 0 saturated heterocycles. The Morgan fingerprint density at radius 1 is 1.00 bits per heavy atom. The molecule has 30 heavy (non-hydrogen) atoms. The first-order chi connectivity index (χ1) is 14.2. The number of rotatable bonds is 5. The third-order valence-electron chi connectivity index (χ3n) is 4.89. The summed E-state index contributed by atoms with van der Waals surface area (Å²) < 4.78 is 38.7. The minimum Gasteiger partial charge on any atom is -0.455 e. The summed E-state index contributed by atoms with van der Waals surface area (Å²) in [4.78, 5) is 7.44. The van der Waals surface area contributed by atoms with Crippen molar-refractivity contribution in [3.8, 4) is 11.5 Å². The third-order valence-corrected chi connectivity index (χ3v) is 5.74. The fraction of sp³-hybridized carbons (Fsp3) is 0.300. The van der Waals surface area contributed by atoms with Crippen molar-refractivity contribution in [2.75, 3.05) is 0 Å². The molecule has 0 spiro atoms. The van der Waals surface area contributed by atoms with E-state index in [0.717, 1.165) is 31.2 Å². The van der Waals surface area contributed by atoms with E-state index in [9.17, 15) is 13.0 Å². The Morgan fingerprint density at radius 3 is 2.37 bits per heavy atom. The van der Waals surface area contributed by atoms with E-state index in [-0.39, 0.29) is 28.3 Å². The van der Waals surface area contributed by atoms with Gasteiger partial charge in [0.25, 0.3) is 10.1 Å². The molecule has 3 rings (SSSR count). The second-order valence-corrected chi connectivity index (χ2v) is 8.51. The van der Waals surface area contributed by atoms with Crippen LogP contribution < -0.4 is 21.9 Å². The van der Waals surface area contributed by atoms with Crippen LogP contribution in [-0.2, 0) is 10.1 Å². The normalized spacial score (nSPS) is 15.6. The molecule has 1 saturated carbocycles. The summed E-state index contributed by atoms with van der Waals surface area (Å²) in [5.41, 5.74) is 17.6. The summed E-state index contributed by atoms with van der Waals surface area (Å²) >= 11 is 0. The zero-order valence-electron chi connectivity index (χ0n) is 16.4. The molecule has 160 valence electrons. The lowest BCUT2D eigenvalue weighted by Gasteiger charge is -2.24. The van der Waals surface area contributed by atoms with Gasteiger partial charge in [0.15, 0.2) is 11.7 Å². The van der Waals surface area contributed by atoms with E-state index < -0.39 is 10.1 Å². The van der Waals surface area contributed by atoms with Crippen LogP contribution in [0.15, 0.2) is 57.3 Å². The average Bonchev–Trinajstić information content (AvgIpc) is 2.69. The minimum atomic E-state index is -4.44. The van der Waals surface area contributed by atoms with Crippen LogP contribution in [0.5, 0.6) is 11.5 Å². The summed E-state index contributed by atoms with van der Waals surface area (Å²) in [7, 11) is -4.44. The molecule has 0 radical (unpaired) electrons. The van der Waals surface area contributed by atoms with Crippen molar-refractivity contribution in [1.82, 2.24) is 0 Å². The first kappa shape index (κ1) is 21.6. The quantitative estimate of drug-likeness (QED) is 0.321. The van der Waals surface area contributed by atoms with Crippen molar-refractivity contribution < 1.29 is 17.7 Å². The van der Waals surface area contributed by atoms with Gasteiger partial charge in [-0.05, 0) is 42.5 Å². The number of nitrogens with zero attached hydrogens (tertiary/aromatic N) is 2. The molecule has 9 nitrogen and oxygen atoms in total. The molecule has 0 bridgehead atoms. The first-order valence-corrected chi connectivity index (χ1v) is 11.0. The number of hydrogen-bond donors (Lipinski definition) is 4. The number of benzene rings is 2. The second kappa shape index (κ2) is 9.14. The maximum absolute atomic E-state index is 11.6. The molecular weight excluding hydrogens is 406 g/mol. The van der Waals surface area contributed by atoms with Crippen molar-refractivity contribution in [2.24, 2.45) is 27.2 Å². The Kier molecular flexibility index (Phi) is 6.58. The number of para-hydroxylation sites is 1. The molecule has 7 N–H and O–H groups in total. The Hall–Kier alpha value is -3.11. The van der Waals surface area contributed by atoms with Crippen LogP contribution in [0.3, 0.4) is 0 Å². The standard InChI is InChI=1S/C20H25N5O4S/c21-19(22)25-20(23)24-16-11-10-14(30(26,27)28)12-18(16)29-17-9-5-4-8-15(17)13-6-2-1-3-7-13/h4-5,8-13H,1-3,6-7H2,(H,26,27,28)(H6,21,22,23,24,25). The van der Waals surface area contributed by atoms with Crippen LogP contribution in [0, 0.1) is 0 Å². The third kappa shape index (κ3) is 5.49. The van der Waals surface area contributed by atoms with Crippen molar-refractivity contribution in [3.63, 3.8) is 0 Å².